The van der Waals surface area contributed by atoms with Crippen LogP contribution in [0.25, 0.3) is 10.9 Å². The first-order chi connectivity index (χ1) is 15.2. The van der Waals surface area contributed by atoms with Gasteiger partial charge in [0.15, 0.2) is 0 Å². The van der Waals surface area contributed by atoms with Gasteiger partial charge < -0.3 is 15.0 Å². The van der Waals surface area contributed by atoms with E-state index in [-0.39, 0.29) is 16.7 Å². The molecule has 168 valence electrons. The van der Waals surface area contributed by atoms with Crippen LogP contribution in [-0.4, -0.2) is 45.5 Å². The summed E-state index contributed by atoms with van der Waals surface area (Å²) in [5.74, 6) is 0. The third-order valence-electron chi connectivity index (χ3n) is 5.37. The van der Waals surface area contributed by atoms with Crippen molar-refractivity contribution in [1.82, 2.24) is 15.1 Å². The fourth-order valence-corrected chi connectivity index (χ4v) is 4.04. The first-order valence-corrected chi connectivity index (χ1v) is 10.7. The second-order valence-electron chi connectivity index (χ2n) is 8.90. The molecule has 0 bridgehead atoms. The summed E-state index contributed by atoms with van der Waals surface area (Å²) in [6, 6.07) is 12.4. The van der Waals surface area contributed by atoms with Crippen LogP contribution in [0.15, 0.2) is 48.7 Å². The van der Waals surface area contributed by atoms with E-state index in [1.165, 1.54) is 10.7 Å². The first kappa shape index (κ1) is 21.8. The van der Waals surface area contributed by atoms with Gasteiger partial charge in [0, 0.05) is 29.7 Å². The average Bonchev–Trinajstić information content (AvgIpc) is 3.17. The van der Waals surface area contributed by atoms with E-state index in [0.717, 1.165) is 37.0 Å². The van der Waals surface area contributed by atoms with Gasteiger partial charge in [-0.15, -0.1) is 0 Å². The highest BCUT2D eigenvalue weighted by molar-refractivity contribution is 5.91. The van der Waals surface area contributed by atoms with E-state index in [1.807, 2.05) is 23.1 Å². The number of rotatable bonds is 4. The standard InChI is InChI=1S/C23H27N5O4/c1-23(2,3)32-22(29)27-19-11-10-17(13-16(19)14-25-27)26(18-7-6-12-24-15-18)20-8-4-5-9-21(20)28(30)31/h4-5,8-11,13-14,18,24H,6-7,12,15H2,1-3H3. The number of carbonyl (C=O) groups is 1. The number of carbonyl (C=O) groups excluding carboxylic acids is 1. The predicted octanol–water partition coefficient (Wildman–Crippen LogP) is 4.62. The Balaban J connectivity index is 1.77. The van der Waals surface area contributed by atoms with E-state index in [9.17, 15) is 14.9 Å². The minimum Gasteiger partial charge on any atom is -0.442 e. The van der Waals surface area contributed by atoms with E-state index < -0.39 is 11.7 Å². The molecular formula is C23H27N5O4. The van der Waals surface area contributed by atoms with Crippen molar-refractivity contribution in [2.45, 2.75) is 45.3 Å². The Morgan fingerprint density at radius 3 is 2.75 bits per heavy atom. The van der Waals surface area contributed by atoms with Crippen molar-refractivity contribution >= 4 is 34.1 Å². The summed E-state index contributed by atoms with van der Waals surface area (Å²) < 4.78 is 6.68. The summed E-state index contributed by atoms with van der Waals surface area (Å²) in [4.78, 5) is 25.9. The lowest BCUT2D eigenvalue weighted by molar-refractivity contribution is -0.384. The van der Waals surface area contributed by atoms with Crippen molar-refractivity contribution in [2.24, 2.45) is 0 Å². The van der Waals surface area contributed by atoms with Gasteiger partial charge in [-0.1, -0.05) is 12.1 Å². The fraction of sp³-hybridized carbons (Fsp3) is 0.391. The van der Waals surface area contributed by atoms with Crippen molar-refractivity contribution < 1.29 is 14.5 Å². The highest BCUT2D eigenvalue weighted by atomic mass is 16.6. The van der Waals surface area contributed by atoms with Gasteiger partial charge in [-0.3, -0.25) is 10.1 Å². The van der Waals surface area contributed by atoms with E-state index in [0.29, 0.717) is 11.2 Å². The summed E-state index contributed by atoms with van der Waals surface area (Å²) in [6.45, 7) is 7.07. The number of nitrogens with one attached hydrogen (secondary N) is 1. The van der Waals surface area contributed by atoms with Crippen LogP contribution in [0.3, 0.4) is 0 Å². The molecular weight excluding hydrogens is 410 g/mol. The lowest BCUT2D eigenvalue weighted by Gasteiger charge is -2.36. The third kappa shape index (κ3) is 4.43. The van der Waals surface area contributed by atoms with Crippen molar-refractivity contribution in [2.75, 3.05) is 18.0 Å². The van der Waals surface area contributed by atoms with Gasteiger partial charge in [0.05, 0.1) is 16.6 Å². The molecule has 1 saturated heterocycles. The largest absolute Gasteiger partial charge is 0.442 e. The summed E-state index contributed by atoms with van der Waals surface area (Å²) in [5.41, 5.74) is 1.40. The number of ether oxygens (including phenoxy) is 1. The van der Waals surface area contributed by atoms with Crippen LogP contribution >= 0.6 is 0 Å². The molecule has 0 saturated carbocycles. The van der Waals surface area contributed by atoms with Crippen LogP contribution < -0.4 is 10.2 Å². The molecule has 1 aromatic heterocycles. The molecule has 4 rings (SSSR count). The Labute approximate surface area is 186 Å². The molecule has 1 unspecified atom stereocenters. The SMILES string of the molecule is CC(C)(C)OC(=O)n1ncc2cc(N(c3ccccc3[N+](=O)[O-])C3CCCNC3)ccc21. The van der Waals surface area contributed by atoms with Crippen molar-refractivity contribution in [1.29, 1.82) is 0 Å². The van der Waals surface area contributed by atoms with Gasteiger partial charge in [-0.2, -0.15) is 9.78 Å². The number of aromatic nitrogens is 2. The van der Waals surface area contributed by atoms with Gasteiger partial charge in [0.1, 0.15) is 11.3 Å². The van der Waals surface area contributed by atoms with Gasteiger partial charge in [0.2, 0.25) is 0 Å². The molecule has 1 fully saturated rings. The lowest BCUT2D eigenvalue weighted by atomic mass is 10.0. The number of para-hydroxylation sites is 2. The van der Waals surface area contributed by atoms with Crippen LogP contribution in [0.5, 0.6) is 0 Å². The number of hydrogen-bond donors (Lipinski definition) is 1. The molecule has 0 radical (unpaired) electrons. The normalized spacial score (nSPS) is 16.7. The molecule has 2 aromatic carbocycles. The number of nitro groups is 1. The van der Waals surface area contributed by atoms with Crippen LogP contribution in [0.1, 0.15) is 33.6 Å². The Bertz CT molecular complexity index is 1140. The second kappa shape index (κ2) is 8.58. The highest BCUT2D eigenvalue weighted by Gasteiger charge is 2.29. The third-order valence-corrected chi connectivity index (χ3v) is 5.37. The summed E-state index contributed by atoms with van der Waals surface area (Å²) in [6.07, 6.45) is 2.96. The molecule has 1 atom stereocenters. The monoisotopic (exact) mass is 437 g/mol. The number of nitro benzene ring substituents is 1. The van der Waals surface area contributed by atoms with E-state index in [2.05, 4.69) is 10.4 Å². The van der Waals surface area contributed by atoms with Crippen LogP contribution in [0.2, 0.25) is 0 Å². The van der Waals surface area contributed by atoms with Gasteiger partial charge in [-0.05, 0) is 64.4 Å². The molecule has 1 N–H and O–H groups in total. The minimum atomic E-state index is -0.633. The zero-order valence-electron chi connectivity index (χ0n) is 18.4. The Kier molecular flexibility index (Phi) is 5.84. The average molecular weight is 438 g/mol. The maximum absolute atomic E-state index is 12.5. The number of fused-ring (bicyclic) bond motifs is 1. The summed E-state index contributed by atoms with van der Waals surface area (Å²) in [7, 11) is 0. The molecule has 1 aliphatic rings. The quantitative estimate of drug-likeness (QED) is 0.469. The van der Waals surface area contributed by atoms with Crippen LogP contribution in [0, 0.1) is 10.1 Å². The molecule has 9 heteroatoms. The topological polar surface area (TPSA) is 103 Å². The molecule has 3 aromatic rings. The Morgan fingerprint density at radius 1 is 1.28 bits per heavy atom. The molecule has 0 spiro atoms. The molecule has 0 aliphatic carbocycles. The number of piperidine rings is 1. The zero-order valence-corrected chi connectivity index (χ0v) is 18.4. The predicted molar refractivity (Wildman–Crippen MR) is 122 cm³/mol. The van der Waals surface area contributed by atoms with Crippen LogP contribution in [-0.2, 0) is 4.74 Å². The second-order valence-corrected chi connectivity index (χ2v) is 8.90. The molecule has 0 amide bonds. The van der Waals surface area contributed by atoms with Gasteiger partial charge >= 0.3 is 6.09 Å². The van der Waals surface area contributed by atoms with Gasteiger partial charge in [0.25, 0.3) is 5.69 Å². The van der Waals surface area contributed by atoms with E-state index in [1.54, 1.807) is 45.2 Å². The Morgan fingerprint density at radius 2 is 2.06 bits per heavy atom. The number of hydrogen-bond acceptors (Lipinski definition) is 7. The van der Waals surface area contributed by atoms with E-state index in [4.69, 9.17) is 4.74 Å². The number of benzene rings is 2. The molecule has 32 heavy (non-hydrogen) atoms. The fourth-order valence-electron chi connectivity index (χ4n) is 4.04. The lowest BCUT2D eigenvalue weighted by Crippen LogP contribution is -2.44. The highest BCUT2D eigenvalue weighted by Crippen LogP contribution is 2.37. The first-order valence-electron chi connectivity index (χ1n) is 10.7. The van der Waals surface area contributed by atoms with Crippen LogP contribution in [0.4, 0.5) is 21.9 Å². The molecule has 2 heterocycles. The minimum absolute atomic E-state index is 0.0580. The molecule has 9 nitrogen and oxygen atoms in total. The summed E-state index contributed by atoms with van der Waals surface area (Å²) >= 11 is 0. The zero-order chi connectivity index (χ0) is 22.9. The van der Waals surface area contributed by atoms with Crippen molar-refractivity contribution in [3.63, 3.8) is 0 Å². The maximum atomic E-state index is 12.5. The van der Waals surface area contributed by atoms with Crippen molar-refractivity contribution in [3.8, 4) is 0 Å². The molecule has 1 aliphatic heterocycles. The summed E-state index contributed by atoms with van der Waals surface area (Å²) in [5, 5.41) is 20.1. The maximum Gasteiger partial charge on any atom is 0.435 e. The van der Waals surface area contributed by atoms with Crippen molar-refractivity contribution in [3.05, 3.63) is 58.8 Å². The van der Waals surface area contributed by atoms with Gasteiger partial charge in [-0.25, -0.2) is 4.79 Å². The Hall–Kier alpha value is -3.46. The number of anilines is 2. The number of nitrogens with zero attached hydrogens (tertiary/aromatic N) is 4. The van der Waals surface area contributed by atoms with E-state index >= 15 is 0 Å². The smallest absolute Gasteiger partial charge is 0.435 e.